The molecule has 0 radical (unpaired) electrons. The summed E-state index contributed by atoms with van der Waals surface area (Å²) >= 11 is 1.06. The molecule has 0 unspecified atom stereocenters. The maximum absolute atomic E-state index is 12.3. The summed E-state index contributed by atoms with van der Waals surface area (Å²) in [4.78, 5) is 36.7. The Bertz CT molecular complexity index is 840. The van der Waals surface area contributed by atoms with Gasteiger partial charge in [0, 0.05) is 0 Å². The van der Waals surface area contributed by atoms with E-state index in [1.54, 1.807) is 19.9 Å². The summed E-state index contributed by atoms with van der Waals surface area (Å²) in [6.45, 7) is 6.65. The van der Waals surface area contributed by atoms with Crippen LogP contribution in [-0.4, -0.2) is 30.9 Å². The third kappa shape index (κ3) is 4.49. The Balaban J connectivity index is 2.18. The first-order valence-electron chi connectivity index (χ1n) is 8.14. The number of benzene rings is 1. The zero-order valence-electron chi connectivity index (χ0n) is 15.2. The van der Waals surface area contributed by atoms with Gasteiger partial charge in [-0.05, 0) is 44.9 Å². The van der Waals surface area contributed by atoms with Gasteiger partial charge >= 0.3 is 5.97 Å². The second-order valence-corrected chi connectivity index (χ2v) is 6.66. The Morgan fingerprint density at radius 3 is 2.46 bits per heavy atom. The minimum atomic E-state index is -0.566. The molecule has 0 aliphatic carbocycles. The van der Waals surface area contributed by atoms with Gasteiger partial charge < -0.3 is 14.8 Å². The molecule has 1 amide bonds. The number of anilines is 1. The van der Waals surface area contributed by atoms with Crippen molar-refractivity contribution in [3.8, 4) is 5.75 Å². The van der Waals surface area contributed by atoms with E-state index in [1.165, 1.54) is 6.92 Å². The Morgan fingerprint density at radius 1 is 1.15 bits per heavy atom. The lowest BCUT2D eigenvalue weighted by molar-refractivity contribution is -0.118. The van der Waals surface area contributed by atoms with Gasteiger partial charge in [-0.15, -0.1) is 11.3 Å². The zero-order valence-corrected chi connectivity index (χ0v) is 16.0. The molecular weight excluding hydrogens is 354 g/mol. The van der Waals surface area contributed by atoms with E-state index in [9.17, 15) is 14.4 Å². The third-order valence-electron chi connectivity index (χ3n) is 3.65. The number of carbonyl (C=O) groups is 3. The summed E-state index contributed by atoms with van der Waals surface area (Å²) in [6, 6.07) is 7.36. The molecule has 138 valence electrons. The summed E-state index contributed by atoms with van der Waals surface area (Å²) in [5.41, 5.74) is 1.64. The molecule has 7 heteroatoms. The Hall–Kier alpha value is -2.67. The van der Waals surface area contributed by atoms with Crippen molar-refractivity contribution < 1.29 is 23.9 Å². The van der Waals surface area contributed by atoms with E-state index >= 15 is 0 Å². The standard InChI is InChI=1S/C19H21NO5S/c1-5-24-19(23)16-12(3)17(13(4)21)26-18(16)20-15(22)10-25-14-9-7-6-8-11(14)2/h6-9H,5,10H2,1-4H3,(H,20,22). The van der Waals surface area contributed by atoms with Gasteiger partial charge in [0.25, 0.3) is 5.91 Å². The van der Waals surface area contributed by atoms with Gasteiger partial charge in [-0.25, -0.2) is 4.79 Å². The van der Waals surface area contributed by atoms with E-state index in [4.69, 9.17) is 9.47 Å². The van der Waals surface area contributed by atoms with Crippen LogP contribution in [0, 0.1) is 13.8 Å². The molecule has 0 aliphatic rings. The number of amides is 1. The van der Waals surface area contributed by atoms with E-state index in [2.05, 4.69) is 5.32 Å². The summed E-state index contributed by atoms with van der Waals surface area (Å²) in [5, 5.41) is 2.95. The van der Waals surface area contributed by atoms with Gasteiger partial charge in [0.05, 0.1) is 17.0 Å². The fourth-order valence-corrected chi connectivity index (χ4v) is 3.52. The van der Waals surface area contributed by atoms with Gasteiger partial charge in [-0.1, -0.05) is 18.2 Å². The predicted molar refractivity (Wildman–Crippen MR) is 100 cm³/mol. The molecular formula is C19H21NO5S. The van der Waals surface area contributed by atoms with E-state index in [1.807, 2.05) is 25.1 Å². The normalized spacial score (nSPS) is 10.3. The minimum absolute atomic E-state index is 0.172. The van der Waals surface area contributed by atoms with Gasteiger partial charge in [0.2, 0.25) is 0 Å². The quantitative estimate of drug-likeness (QED) is 0.589. The summed E-state index contributed by atoms with van der Waals surface area (Å²) < 4.78 is 10.6. The Labute approximate surface area is 156 Å². The molecule has 0 fully saturated rings. The predicted octanol–water partition coefficient (Wildman–Crippen LogP) is 3.76. The van der Waals surface area contributed by atoms with Gasteiger partial charge in [-0.2, -0.15) is 0 Å². The number of rotatable bonds is 7. The average Bonchev–Trinajstić information content (AvgIpc) is 2.90. The number of carbonyl (C=O) groups excluding carboxylic acids is 3. The molecule has 1 heterocycles. The van der Waals surface area contributed by atoms with Crippen LogP contribution >= 0.6 is 11.3 Å². The van der Waals surface area contributed by atoms with E-state index in [0.29, 0.717) is 21.2 Å². The molecule has 0 spiro atoms. The minimum Gasteiger partial charge on any atom is -0.483 e. The number of thiophene rings is 1. The highest BCUT2D eigenvalue weighted by molar-refractivity contribution is 7.18. The molecule has 0 atom stereocenters. The van der Waals surface area contributed by atoms with Crippen LogP contribution in [0.2, 0.25) is 0 Å². The molecule has 1 aromatic heterocycles. The summed E-state index contributed by atoms with van der Waals surface area (Å²) in [5.74, 6) is -0.547. The highest BCUT2D eigenvalue weighted by atomic mass is 32.1. The SMILES string of the molecule is CCOC(=O)c1c(NC(=O)COc2ccccc2C)sc(C(C)=O)c1C. The topological polar surface area (TPSA) is 81.7 Å². The lowest BCUT2D eigenvalue weighted by Crippen LogP contribution is -2.21. The number of ketones is 1. The number of Topliss-reactive ketones (excluding diaryl/α,β-unsaturated/α-hetero) is 1. The van der Waals surface area contributed by atoms with Crippen molar-refractivity contribution >= 4 is 34.0 Å². The molecule has 6 nitrogen and oxygen atoms in total. The van der Waals surface area contributed by atoms with Gasteiger partial charge in [0.1, 0.15) is 10.8 Å². The maximum atomic E-state index is 12.3. The third-order valence-corrected chi connectivity index (χ3v) is 4.96. The van der Waals surface area contributed by atoms with Crippen LogP contribution in [0.5, 0.6) is 5.75 Å². The molecule has 1 N–H and O–H groups in total. The number of ether oxygens (including phenoxy) is 2. The van der Waals surface area contributed by atoms with Gasteiger partial charge in [-0.3, -0.25) is 9.59 Å². The summed E-state index contributed by atoms with van der Waals surface area (Å²) in [7, 11) is 0. The highest BCUT2D eigenvalue weighted by Crippen LogP contribution is 2.34. The van der Waals surface area contributed by atoms with Crippen molar-refractivity contribution in [3.63, 3.8) is 0 Å². The molecule has 2 rings (SSSR count). The lowest BCUT2D eigenvalue weighted by Gasteiger charge is -2.10. The Morgan fingerprint density at radius 2 is 1.85 bits per heavy atom. The van der Waals surface area contributed by atoms with Crippen molar-refractivity contribution in [2.75, 3.05) is 18.5 Å². The van der Waals surface area contributed by atoms with Crippen LogP contribution in [0.3, 0.4) is 0 Å². The fourth-order valence-electron chi connectivity index (χ4n) is 2.41. The number of aryl methyl sites for hydroxylation is 1. The zero-order chi connectivity index (χ0) is 19.3. The largest absolute Gasteiger partial charge is 0.483 e. The van der Waals surface area contributed by atoms with Crippen molar-refractivity contribution in [2.24, 2.45) is 0 Å². The van der Waals surface area contributed by atoms with E-state index in [-0.39, 0.29) is 24.6 Å². The monoisotopic (exact) mass is 375 g/mol. The number of hydrogen-bond acceptors (Lipinski definition) is 6. The van der Waals surface area contributed by atoms with Crippen LogP contribution in [-0.2, 0) is 9.53 Å². The average molecular weight is 375 g/mol. The molecule has 0 saturated carbocycles. The fraction of sp³-hybridized carbons (Fsp3) is 0.316. The van der Waals surface area contributed by atoms with Crippen LogP contribution in [0.4, 0.5) is 5.00 Å². The van der Waals surface area contributed by atoms with Gasteiger partial charge in [0.15, 0.2) is 12.4 Å². The van der Waals surface area contributed by atoms with Crippen LogP contribution < -0.4 is 10.1 Å². The van der Waals surface area contributed by atoms with E-state index in [0.717, 1.165) is 16.9 Å². The first-order valence-corrected chi connectivity index (χ1v) is 8.96. The molecule has 0 saturated heterocycles. The number of hydrogen-bond donors (Lipinski definition) is 1. The van der Waals surface area contributed by atoms with E-state index < -0.39 is 11.9 Å². The van der Waals surface area contributed by atoms with Crippen molar-refractivity contribution in [3.05, 3.63) is 45.8 Å². The summed E-state index contributed by atoms with van der Waals surface area (Å²) in [6.07, 6.45) is 0. The second-order valence-electron chi connectivity index (χ2n) is 5.64. The number of para-hydroxylation sites is 1. The second kappa shape index (κ2) is 8.62. The first kappa shape index (κ1) is 19.7. The molecule has 26 heavy (non-hydrogen) atoms. The number of nitrogens with one attached hydrogen (secondary N) is 1. The van der Waals surface area contributed by atoms with Crippen molar-refractivity contribution in [1.29, 1.82) is 0 Å². The number of esters is 1. The molecule has 0 aliphatic heterocycles. The van der Waals surface area contributed by atoms with Crippen LogP contribution in [0.25, 0.3) is 0 Å². The molecule has 1 aromatic carbocycles. The van der Waals surface area contributed by atoms with Crippen molar-refractivity contribution in [1.82, 2.24) is 0 Å². The Kier molecular flexibility index (Phi) is 6.52. The van der Waals surface area contributed by atoms with Crippen LogP contribution in [0.15, 0.2) is 24.3 Å². The highest BCUT2D eigenvalue weighted by Gasteiger charge is 2.25. The van der Waals surface area contributed by atoms with Crippen LogP contribution in [0.1, 0.15) is 45.0 Å². The molecule has 0 bridgehead atoms. The van der Waals surface area contributed by atoms with Crippen molar-refractivity contribution in [2.45, 2.75) is 27.7 Å². The molecule has 2 aromatic rings. The maximum Gasteiger partial charge on any atom is 0.341 e. The lowest BCUT2D eigenvalue weighted by atomic mass is 10.1. The first-order chi connectivity index (χ1) is 12.3. The smallest absolute Gasteiger partial charge is 0.341 e.